The van der Waals surface area contributed by atoms with E-state index in [1.807, 2.05) is 18.2 Å². The molecule has 0 saturated carbocycles. The number of aromatic nitrogens is 2. The summed E-state index contributed by atoms with van der Waals surface area (Å²) in [4.78, 5) is 13.8. The smallest absolute Gasteiger partial charge is 0.235 e. The van der Waals surface area contributed by atoms with Gasteiger partial charge < -0.3 is 9.32 Å². The van der Waals surface area contributed by atoms with Crippen molar-refractivity contribution in [2.45, 2.75) is 26.3 Å². The Hall–Kier alpha value is -2.17. The van der Waals surface area contributed by atoms with Crippen LogP contribution in [-0.2, 0) is 17.8 Å². The highest BCUT2D eigenvalue weighted by molar-refractivity contribution is 5.78. The first-order valence-corrected chi connectivity index (χ1v) is 6.81. The summed E-state index contributed by atoms with van der Waals surface area (Å²) in [6.45, 7) is 2.93. The van der Waals surface area contributed by atoms with Crippen molar-refractivity contribution in [3.8, 4) is 0 Å². The Balaban J connectivity index is 1.60. The molecule has 1 aliphatic heterocycles. The van der Waals surface area contributed by atoms with Gasteiger partial charge in [0.05, 0.1) is 6.54 Å². The molecule has 1 saturated heterocycles. The lowest BCUT2D eigenvalue weighted by Crippen LogP contribution is -2.25. The van der Waals surface area contributed by atoms with Crippen molar-refractivity contribution in [1.29, 1.82) is 0 Å². The van der Waals surface area contributed by atoms with E-state index in [0.29, 0.717) is 30.7 Å². The van der Waals surface area contributed by atoms with Crippen molar-refractivity contribution >= 4 is 5.91 Å². The van der Waals surface area contributed by atoms with Crippen molar-refractivity contribution in [2.24, 2.45) is 5.92 Å². The molecule has 0 radical (unpaired) electrons. The summed E-state index contributed by atoms with van der Waals surface area (Å²) >= 11 is 0. The molecule has 2 heterocycles. The summed E-state index contributed by atoms with van der Waals surface area (Å²) in [5.74, 6) is 1.58. The zero-order valence-corrected chi connectivity index (χ0v) is 11.5. The van der Waals surface area contributed by atoms with Crippen LogP contribution >= 0.6 is 0 Å². The third-order valence-corrected chi connectivity index (χ3v) is 3.56. The van der Waals surface area contributed by atoms with Crippen LogP contribution in [0.15, 0.2) is 34.7 Å². The largest absolute Gasteiger partial charge is 0.424 e. The first-order chi connectivity index (χ1) is 9.70. The first kappa shape index (κ1) is 12.8. The standard InChI is InChI=1S/C15H17N3O2/c1-11-16-17-14(20-11)10-18-9-13(8-15(18)19)7-12-5-3-2-4-6-12/h2-6,13H,7-10H2,1H3/t13-/m1/s1. The van der Waals surface area contributed by atoms with Gasteiger partial charge in [0.1, 0.15) is 0 Å². The van der Waals surface area contributed by atoms with E-state index in [1.165, 1.54) is 5.56 Å². The van der Waals surface area contributed by atoms with E-state index >= 15 is 0 Å². The molecule has 1 amide bonds. The van der Waals surface area contributed by atoms with Gasteiger partial charge in [-0.05, 0) is 17.9 Å². The summed E-state index contributed by atoms with van der Waals surface area (Å²) < 4.78 is 5.33. The highest BCUT2D eigenvalue weighted by Crippen LogP contribution is 2.23. The Labute approximate surface area is 117 Å². The molecule has 1 aromatic carbocycles. The Morgan fingerprint density at radius 3 is 2.80 bits per heavy atom. The predicted octanol–water partition coefficient (Wildman–Crippen LogP) is 1.97. The summed E-state index contributed by atoms with van der Waals surface area (Å²) in [6.07, 6.45) is 1.54. The van der Waals surface area contributed by atoms with Gasteiger partial charge in [-0.3, -0.25) is 4.79 Å². The van der Waals surface area contributed by atoms with Crippen molar-refractivity contribution in [3.05, 3.63) is 47.7 Å². The lowest BCUT2D eigenvalue weighted by molar-refractivity contribution is -0.128. The molecule has 1 aliphatic rings. The van der Waals surface area contributed by atoms with Gasteiger partial charge in [0.15, 0.2) is 0 Å². The molecule has 1 aromatic heterocycles. The molecular formula is C15H17N3O2. The van der Waals surface area contributed by atoms with Crippen LogP contribution in [0.3, 0.4) is 0 Å². The van der Waals surface area contributed by atoms with E-state index in [-0.39, 0.29) is 5.91 Å². The van der Waals surface area contributed by atoms with Crippen LogP contribution in [0.4, 0.5) is 0 Å². The maximum absolute atomic E-state index is 12.0. The fraction of sp³-hybridized carbons (Fsp3) is 0.400. The Kier molecular flexibility index (Phi) is 3.50. The summed E-state index contributed by atoms with van der Waals surface area (Å²) in [6, 6.07) is 10.3. The molecular weight excluding hydrogens is 254 g/mol. The minimum absolute atomic E-state index is 0.168. The number of rotatable bonds is 4. The maximum Gasteiger partial charge on any atom is 0.235 e. The van der Waals surface area contributed by atoms with Crippen LogP contribution in [0.2, 0.25) is 0 Å². The molecule has 2 aromatic rings. The number of nitrogens with zero attached hydrogens (tertiary/aromatic N) is 3. The van der Waals surface area contributed by atoms with Crippen molar-refractivity contribution in [2.75, 3.05) is 6.54 Å². The average molecular weight is 271 g/mol. The van der Waals surface area contributed by atoms with Crippen LogP contribution < -0.4 is 0 Å². The number of amides is 1. The van der Waals surface area contributed by atoms with Gasteiger partial charge in [-0.15, -0.1) is 10.2 Å². The van der Waals surface area contributed by atoms with Crippen molar-refractivity contribution in [3.63, 3.8) is 0 Å². The van der Waals surface area contributed by atoms with Gasteiger partial charge in [-0.25, -0.2) is 0 Å². The number of carbonyl (C=O) groups excluding carboxylic acids is 1. The Bertz CT molecular complexity index is 594. The van der Waals surface area contributed by atoms with Crippen LogP contribution in [0, 0.1) is 12.8 Å². The zero-order chi connectivity index (χ0) is 13.9. The van der Waals surface area contributed by atoms with Gasteiger partial charge in [0.25, 0.3) is 0 Å². The topological polar surface area (TPSA) is 59.2 Å². The molecule has 1 atom stereocenters. The van der Waals surface area contributed by atoms with Crippen LogP contribution in [0.25, 0.3) is 0 Å². The van der Waals surface area contributed by atoms with E-state index in [4.69, 9.17) is 4.42 Å². The molecule has 5 nitrogen and oxygen atoms in total. The van der Waals surface area contributed by atoms with Crippen LogP contribution in [0.1, 0.15) is 23.8 Å². The van der Waals surface area contributed by atoms with Gasteiger partial charge in [-0.1, -0.05) is 30.3 Å². The molecule has 20 heavy (non-hydrogen) atoms. The molecule has 0 aliphatic carbocycles. The lowest BCUT2D eigenvalue weighted by Gasteiger charge is -2.14. The number of aryl methyl sites for hydroxylation is 1. The predicted molar refractivity (Wildman–Crippen MR) is 72.7 cm³/mol. The molecule has 0 spiro atoms. The monoisotopic (exact) mass is 271 g/mol. The van der Waals surface area contributed by atoms with E-state index in [2.05, 4.69) is 22.3 Å². The molecule has 0 unspecified atom stereocenters. The second-order valence-electron chi connectivity index (χ2n) is 5.25. The minimum Gasteiger partial charge on any atom is -0.424 e. The van der Waals surface area contributed by atoms with E-state index in [9.17, 15) is 4.79 Å². The van der Waals surface area contributed by atoms with Gasteiger partial charge in [0.2, 0.25) is 17.7 Å². The molecule has 0 N–H and O–H groups in total. The van der Waals surface area contributed by atoms with Gasteiger partial charge in [-0.2, -0.15) is 0 Å². The number of likely N-dealkylation sites (tertiary alicyclic amines) is 1. The maximum atomic E-state index is 12.0. The van der Waals surface area contributed by atoms with Crippen molar-refractivity contribution in [1.82, 2.24) is 15.1 Å². The quantitative estimate of drug-likeness (QED) is 0.853. The van der Waals surface area contributed by atoms with E-state index in [0.717, 1.165) is 13.0 Å². The molecule has 1 fully saturated rings. The van der Waals surface area contributed by atoms with Gasteiger partial charge >= 0.3 is 0 Å². The van der Waals surface area contributed by atoms with Gasteiger partial charge in [0, 0.05) is 19.9 Å². The lowest BCUT2D eigenvalue weighted by atomic mass is 9.99. The highest BCUT2D eigenvalue weighted by atomic mass is 16.4. The van der Waals surface area contributed by atoms with E-state index < -0.39 is 0 Å². The third kappa shape index (κ3) is 2.87. The molecule has 3 rings (SSSR count). The van der Waals surface area contributed by atoms with Crippen molar-refractivity contribution < 1.29 is 9.21 Å². The molecule has 5 heteroatoms. The summed E-state index contributed by atoms with van der Waals surface area (Å²) in [7, 11) is 0. The fourth-order valence-electron chi connectivity index (χ4n) is 2.66. The van der Waals surface area contributed by atoms with E-state index in [1.54, 1.807) is 11.8 Å². The SMILES string of the molecule is Cc1nnc(CN2C[C@H](Cc3ccccc3)CC2=O)o1. The molecule has 104 valence electrons. The second kappa shape index (κ2) is 5.45. The number of hydrogen-bond acceptors (Lipinski definition) is 4. The summed E-state index contributed by atoms with van der Waals surface area (Å²) in [5.41, 5.74) is 1.28. The van der Waals surface area contributed by atoms with Crippen LogP contribution in [-0.4, -0.2) is 27.5 Å². The number of hydrogen-bond donors (Lipinski definition) is 0. The zero-order valence-electron chi connectivity index (χ0n) is 11.5. The normalized spacial score (nSPS) is 18.8. The molecule has 0 bridgehead atoms. The Morgan fingerprint density at radius 2 is 2.10 bits per heavy atom. The Morgan fingerprint density at radius 1 is 1.30 bits per heavy atom. The third-order valence-electron chi connectivity index (χ3n) is 3.56. The first-order valence-electron chi connectivity index (χ1n) is 6.81. The average Bonchev–Trinajstić information content (AvgIpc) is 2.98. The minimum atomic E-state index is 0.168. The summed E-state index contributed by atoms with van der Waals surface area (Å²) in [5, 5.41) is 7.73. The van der Waals surface area contributed by atoms with Crippen LogP contribution in [0.5, 0.6) is 0 Å². The fourth-order valence-corrected chi connectivity index (χ4v) is 2.66. The second-order valence-corrected chi connectivity index (χ2v) is 5.25. The highest BCUT2D eigenvalue weighted by Gasteiger charge is 2.30. The number of benzene rings is 1. The number of carbonyl (C=O) groups is 1.